The first-order valence-corrected chi connectivity index (χ1v) is 9.24. The summed E-state index contributed by atoms with van der Waals surface area (Å²) in [6.07, 6.45) is -0.627. The smallest absolute Gasteiger partial charge is 0.214 e. The van der Waals surface area contributed by atoms with E-state index in [0.29, 0.717) is 24.7 Å². The lowest BCUT2D eigenvalue weighted by Crippen LogP contribution is -2.33. The molecule has 5 nitrogen and oxygen atoms in total. The van der Waals surface area contributed by atoms with Crippen molar-refractivity contribution in [3.63, 3.8) is 0 Å². The van der Waals surface area contributed by atoms with Crippen molar-refractivity contribution in [3.8, 4) is 0 Å². The lowest BCUT2D eigenvalue weighted by molar-refractivity contribution is 0.148. The van der Waals surface area contributed by atoms with Gasteiger partial charge in [-0.25, -0.2) is 12.7 Å². The standard InChI is InChI=1S/C15H23ClN2O3S/c1-11-5-4-6-14(16)13(11)8-18-7-12(15(19)9-18)10-22(20,21)17(2)3/h4-6,12,15,19H,7-10H2,1-3H3/t12-,15+/m0/s1. The van der Waals surface area contributed by atoms with E-state index in [9.17, 15) is 13.5 Å². The van der Waals surface area contributed by atoms with Crippen molar-refractivity contribution >= 4 is 21.6 Å². The number of halogens is 1. The SMILES string of the molecule is Cc1cccc(Cl)c1CN1C[C@@H](CS(=O)(=O)N(C)C)[C@H](O)C1. The van der Waals surface area contributed by atoms with Crippen LogP contribution in [0.3, 0.4) is 0 Å². The minimum Gasteiger partial charge on any atom is -0.391 e. The van der Waals surface area contributed by atoms with Gasteiger partial charge < -0.3 is 5.11 Å². The Morgan fingerprint density at radius 3 is 2.64 bits per heavy atom. The van der Waals surface area contributed by atoms with E-state index in [1.54, 1.807) is 0 Å². The fourth-order valence-corrected chi connectivity index (χ4v) is 4.19. The van der Waals surface area contributed by atoms with Crippen LogP contribution in [0.15, 0.2) is 18.2 Å². The van der Waals surface area contributed by atoms with E-state index in [0.717, 1.165) is 11.1 Å². The van der Waals surface area contributed by atoms with Crippen LogP contribution in [-0.2, 0) is 16.6 Å². The predicted molar refractivity (Wildman–Crippen MR) is 88.4 cm³/mol. The number of aliphatic hydroxyl groups is 1. The van der Waals surface area contributed by atoms with E-state index in [1.807, 2.05) is 25.1 Å². The summed E-state index contributed by atoms with van der Waals surface area (Å²) in [5.41, 5.74) is 2.14. The molecule has 1 fully saturated rings. The van der Waals surface area contributed by atoms with Crippen molar-refractivity contribution in [2.45, 2.75) is 19.6 Å². The van der Waals surface area contributed by atoms with Crippen molar-refractivity contribution in [3.05, 3.63) is 34.3 Å². The number of aryl methyl sites for hydroxylation is 1. The van der Waals surface area contributed by atoms with Gasteiger partial charge in [-0.2, -0.15) is 0 Å². The molecule has 2 atom stereocenters. The molecule has 1 aromatic rings. The van der Waals surface area contributed by atoms with Crippen molar-refractivity contribution in [1.82, 2.24) is 9.21 Å². The summed E-state index contributed by atoms with van der Waals surface area (Å²) in [7, 11) is -0.276. The van der Waals surface area contributed by atoms with Crippen LogP contribution >= 0.6 is 11.6 Å². The molecule has 1 heterocycles. The van der Waals surface area contributed by atoms with Crippen LogP contribution < -0.4 is 0 Å². The zero-order chi connectivity index (χ0) is 16.5. The number of benzene rings is 1. The molecule has 1 saturated heterocycles. The van der Waals surface area contributed by atoms with E-state index < -0.39 is 16.1 Å². The van der Waals surface area contributed by atoms with Gasteiger partial charge in [-0.15, -0.1) is 0 Å². The fourth-order valence-electron chi connectivity index (χ4n) is 2.74. The van der Waals surface area contributed by atoms with Crippen molar-refractivity contribution in [1.29, 1.82) is 0 Å². The Balaban J connectivity index is 2.05. The molecule has 0 aliphatic carbocycles. The van der Waals surface area contributed by atoms with E-state index in [-0.39, 0.29) is 11.7 Å². The highest BCUT2D eigenvalue weighted by Crippen LogP contribution is 2.26. The molecule has 1 aliphatic heterocycles. The molecule has 0 radical (unpaired) electrons. The van der Waals surface area contributed by atoms with Gasteiger partial charge in [0.05, 0.1) is 11.9 Å². The van der Waals surface area contributed by atoms with Gasteiger partial charge in [0.2, 0.25) is 10.0 Å². The van der Waals surface area contributed by atoms with E-state index in [4.69, 9.17) is 11.6 Å². The lowest BCUT2D eigenvalue weighted by atomic mass is 10.1. The largest absolute Gasteiger partial charge is 0.391 e. The van der Waals surface area contributed by atoms with Crippen LogP contribution in [0.5, 0.6) is 0 Å². The Labute approximate surface area is 137 Å². The Bertz CT molecular complexity index is 613. The number of sulfonamides is 1. The van der Waals surface area contributed by atoms with Gasteiger partial charge in [-0.05, 0) is 24.1 Å². The molecule has 1 aromatic carbocycles. The maximum atomic E-state index is 12.0. The average molecular weight is 347 g/mol. The highest BCUT2D eigenvalue weighted by Gasteiger charge is 2.35. The maximum absolute atomic E-state index is 12.0. The number of likely N-dealkylation sites (tertiary alicyclic amines) is 1. The molecule has 124 valence electrons. The highest BCUT2D eigenvalue weighted by molar-refractivity contribution is 7.89. The Morgan fingerprint density at radius 2 is 2.05 bits per heavy atom. The van der Waals surface area contributed by atoms with Crippen LogP contribution in [0.25, 0.3) is 0 Å². The second-order valence-corrected chi connectivity index (χ2v) is 8.75. The molecule has 1 aliphatic rings. The molecule has 0 saturated carbocycles. The summed E-state index contributed by atoms with van der Waals surface area (Å²) >= 11 is 6.24. The third-order valence-corrected chi connectivity index (χ3v) is 6.51. The third-order valence-electron chi connectivity index (χ3n) is 4.20. The molecular weight excluding hydrogens is 324 g/mol. The number of β-amino-alcohol motifs (C(OH)–C–C–N with tert-alkyl or cyclic N) is 1. The first-order valence-electron chi connectivity index (χ1n) is 7.25. The van der Waals surface area contributed by atoms with Gasteiger partial charge in [-0.3, -0.25) is 4.90 Å². The van der Waals surface area contributed by atoms with Gasteiger partial charge in [0.1, 0.15) is 0 Å². The van der Waals surface area contributed by atoms with Crippen molar-refractivity contribution < 1.29 is 13.5 Å². The minimum atomic E-state index is -3.31. The van der Waals surface area contributed by atoms with Crippen LogP contribution in [0, 0.1) is 12.8 Å². The molecule has 1 N–H and O–H groups in total. The quantitative estimate of drug-likeness (QED) is 0.873. The molecule has 0 spiro atoms. The first kappa shape index (κ1) is 17.7. The molecule has 2 rings (SSSR count). The van der Waals surface area contributed by atoms with Gasteiger partial charge >= 0.3 is 0 Å². The number of hydrogen-bond donors (Lipinski definition) is 1. The number of nitrogens with zero attached hydrogens (tertiary/aromatic N) is 2. The second-order valence-electron chi connectivity index (χ2n) is 6.12. The van der Waals surface area contributed by atoms with E-state index >= 15 is 0 Å². The molecule has 0 unspecified atom stereocenters. The summed E-state index contributed by atoms with van der Waals surface area (Å²) in [4.78, 5) is 2.06. The van der Waals surface area contributed by atoms with E-state index in [2.05, 4.69) is 4.90 Å². The molecular formula is C15H23ClN2O3S. The summed E-state index contributed by atoms with van der Waals surface area (Å²) in [6.45, 7) is 3.65. The normalized spacial score (nSPS) is 23.4. The highest BCUT2D eigenvalue weighted by atomic mass is 35.5. The third kappa shape index (κ3) is 4.00. The van der Waals surface area contributed by atoms with Gasteiger partial charge in [-0.1, -0.05) is 23.7 Å². The summed E-state index contributed by atoms with van der Waals surface area (Å²) in [5.74, 6) is -0.297. The maximum Gasteiger partial charge on any atom is 0.214 e. The van der Waals surface area contributed by atoms with Crippen molar-refractivity contribution in [2.24, 2.45) is 5.92 Å². The number of aliphatic hydroxyl groups excluding tert-OH is 1. The van der Waals surface area contributed by atoms with Crippen LogP contribution in [0.1, 0.15) is 11.1 Å². The monoisotopic (exact) mass is 346 g/mol. The average Bonchev–Trinajstić information content (AvgIpc) is 2.74. The molecule has 22 heavy (non-hydrogen) atoms. The zero-order valence-electron chi connectivity index (χ0n) is 13.2. The van der Waals surface area contributed by atoms with Gasteiger partial charge in [0, 0.05) is 44.7 Å². The van der Waals surface area contributed by atoms with E-state index in [1.165, 1.54) is 18.4 Å². The lowest BCUT2D eigenvalue weighted by Gasteiger charge is -2.19. The zero-order valence-corrected chi connectivity index (χ0v) is 14.7. The van der Waals surface area contributed by atoms with Crippen LogP contribution in [0.2, 0.25) is 5.02 Å². The molecule has 0 amide bonds. The Hall–Kier alpha value is -0.660. The van der Waals surface area contributed by atoms with Crippen molar-refractivity contribution in [2.75, 3.05) is 32.9 Å². The van der Waals surface area contributed by atoms with Gasteiger partial charge in [0.15, 0.2) is 0 Å². The Morgan fingerprint density at radius 1 is 1.36 bits per heavy atom. The predicted octanol–water partition coefficient (Wildman–Crippen LogP) is 1.33. The summed E-state index contributed by atoms with van der Waals surface area (Å²) in [6, 6.07) is 5.76. The molecule has 0 aromatic heterocycles. The van der Waals surface area contributed by atoms with Gasteiger partial charge in [0.25, 0.3) is 0 Å². The molecule has 0 bridgehead atoms. The summed E-state index contributed by atoms with van der Waals surface area (Å²) < 4.78 is 25.2. The summed E-state index contributed by atoms with van der Waals surface area (Å²) in [5, 5.41) is 10.9. The first-order chi connectivity index (χ1) is 10.2. The van der Waals surface area contributed by atoms with Crippen LogP contribution in [-0.4, -0.2) is 61.8 Å². The number of hydrogen-bond acceptors (Lipinski definition) is 4. The fraction of sp³-hybridized carbons (Fsp3) is 0.600. The van der Waals surface area contributed by atoms with Crippen LogP contribution in [0.4, 0.5) is 0 Å². The molecule has 7 heteroatoms. The minimum absolute atomic E-state index is 0.0286. The Kier molecular flexibility index (Phi) is 5.50. The topological polar surface area (TPSA) is 60.9 Å². The number of rotatable bonds is 5. The second kappa shape index (κ2) is 6.84.